The predicted molar refractivity (Wildman–Crippen MR) is 51.2 cm³/mol. The topological polar surface area (TPSA) is 23.2 Å². The van der Waals surface area contributed by atoms with Crippen molar-refractivity contribution in [3.8, 4) is 0 Å². The second kappa shape index (κ2) is 3.69. The Kier molecular flexibility index (Phi) is 2.59. The lowest BCUT2D eigenvalue weighted by Gasteiger charge is -2.30. The van der Waals surface area contributed by atoms with Gasteiger partial charge in [0.15, 0.2) is 6.54 Å². The SMILES string of the molecule is CSC1=[NH+]C[C@H]2CCCC[C@@H]2O1. The molecule has 0 spiro atoms. The zero-order chi connectivity index (χ0) is 8.39. The van der Waals surface area contributed by atoms with Crippen LogP contribution in [0.4, 0.5) is 0 Å². The van der Waals surface area contributed by atoms with Crippen LogP contribution in [0.2, 0.25) is 0 Å². The summed E-state index contributed by atoms with van der Waals surface area (Å²) in [5, 5.41) is 1.03. The minimum absolute atomic E-state index is 0.516. The summed E-state index contributed by atoms with van der Waals surface area (Å²) >= 11 is 1.68. The van der Waals surface area contributed by atoms with Gasteiger partial charge in [-0.1, -0.05) is 6.42 Å². The van der Waals surface area contributed by atoms with Crippen molar-refractivity contribution in [2.75, 3.05) is 12.8 Å². The minimum Gasteiger partial charge on any atom is -0.436 e. The largest absolute Gasteiger partial charge is 0.436 e. The van der Waals surface area contributed by atoms with E-state index in [4.69, 9.17) is 4.74 Å². The van der Waals surface area contributed by atoms with E-state index in [9.17, 15) is 0 Å². The smallest absolute Gasteiger partial charge is 0.398 e. The van der Waals surface area contributed by atoms with Gasteiger partial charge in [-0.2, -0.15) is 0 Å². The number of hydrogen-bond acceptors (Lipinski definition) is 2. The molecule has 2 nitrogen and oxygen atoms in total. The van der Waals surface area contributed by atoms with E-state index in [-0.39, 0.29) is 0 Å². The van der Waals surface area contributed by atoms with Crippen LogP contribution in [-0.2, 0) is 4.74 Å². The van der Waals surface area contributed by atoms with E-state index >= 15 is 0 Å². The molecule has 2 rings (SSSR count). The molecule has 0 aromatic rings. The molecule has 1 saturated carbocycles. The molecule has 3 heteroatoms. The molecule has 0 radical (unpaired) electrons. The van der Waals surface area contributed by atoms with Crippen molar-refractivity contribution >= 4 is 17.0 Å². The number of hydrogen-bond donors (Lipinski definition) is 1. The maximum atomic E-state index is 5.81. The molecular weight excluding hydrogens is 170 g/mol. The molecule has 12 heavy (non-hydrogen) atoms. The van der Waals surface area contributed by atoms with Gasteiger partial charge in [-0.25, -0.2) is 4.99 Å². The first-order chi connectivity index (χ1) is 5.90. The summed E-state index contributed by atoms with van der Waals surface area (Å²) in [6.45, 7) is 1.13. The first-order valence-electron chi connectivity index (χ1n) is 4.71. The van der Waals surface area contributed by atoms with Gasteiger partial charge in [0.2, 0.25) is 0 Å². The summed E-state index contributed by atoms with van der Waals surface area (Å²) < 4.78 is 5.81. The van der Waals surface area contributed by atoms with Crippen LogP contribution in [0.3, 0.4) is 0 Å². The van der Waals surface area contributed by atoms with Gasteiger partial charge in [0, 0.05) is 0 Å². The highest BCUT2D eigenvalue weighted by molar-refractivity contribution is 8.12. The molecular formula is C9H16NOS+. The maximum Gasteiger partial charge on any atom is 0.398 e. The summed E-state index contributed by atoms with van der Waals surface area (Å²) in [7, 11) is 0. The fraction of sp³-hybridized carbons (Fsp3) is 0.889. The normalized spacial score (nSPS) is 34.9. The summed E-state index contributed by atoms with van der Waals surface area (Å²) in [6, 6.07) is 0. The van der Waals surface area contributed by atoms with E-state index in [1.165, 1.54) is 25.7 Å². The maximum absolute atomic E-state index is 5.81. The van der Waals surface area contributed by atoms with Crippen molar-refractivity contribution < 1.29 is 9.73 Å². The van der Waals surface area contributed by atoms with E-state index in [0.29, 0.717) is 6.10 Å². The average molecular weight is 186 g/mol. The number of fused-ring (bicyclic) bond motifs is 1. The van der Waals surface area contributed by atoms with Crippen LogP contribution in [0.15, 0.2) is 0 Å². The molecule has 1 N–H and O–H groups in total. The summed E-state index contributed by atoms with van der Waals surface area (Å²) in [6.07, 6.45) is 7.92. The van der Waals surface area contributed by atoms with Gasteiger partial charge in [-0.3, -0.25) is 0 Å². The van der Waals surface area contributed by atoms with Gasteiger partial charge in [-0.15, -0.1) is 0 Å². The van der Waals surface area contributed by atoms with Crippen molar-refractivity contribution in [1.82, 2.24) is 0 Å². The van der Waals surface area contributed by atoms with Crippen molar-refractivity contribution in [2.45, 2.75) is 31.8 Å². The van der Waals surface area contributed by atoms with Crippen molar-refractivity contribution in [3.05, 3.63) is 0 Å². The van der Waals surface area contributed by atoms with Crippen molar-refractivity contribution in [3.63, 3.8) is 0 Å². The Hall–Kier alpha value is -0.180. The highest BCUT2D eigenvalue weighted by Crippen LogP contribution is 2.27. The van der Waals surface area contributed by atoms with Crippen LogP contribution in [0.1, 0.15) is 25.7 Å². The zero-order valence-corrected chi connectivity index (χ0v) is 8.32. The van der Waals surface area contributed by atoms with E-state index in [1.54, 1.807) is 11.8 Å². The fourth-order valence-electron chi connectivity index (χ4n) is 2.08. The molecule has 2 atom stereocenters. The summed E-state index contributed by atoms with van der Waals surface area (Å²) in [4.78, 5) is 3.33. The highest BCUT2D eigenvalue weighted by Gasteiger charge is 2.33. The Labute approximate surface area is 77.8 Å². The minimum atomic E-state index is 0.516. The zero-order valence-electron chi connectivity index (χ0n) is 7.51. The Morgan fingerprint density at radius 2 is 2.25 bits per heavy atom. The quantitative estimate of drug-likeness (QED) is 0.591. The van der Waals surface area contributed by atoms with Crippen molar-refractivity contribution in [1.29, 1.82) is 0 Å². The number of nitrogens with one attached hydrogen (secondary N) is 1. The molecule has 0 amide bonds. The van der Waals surface area contributed by atoms with Gasteiger partial charge >= 0.3 is 5.23 Å². The molecule has 68 valence electrons. The Morgan fingerprint density at radius 3 is 3.08 bits per heavy atom. The molecule has 1 aliphatic carbocycles. The van der Waals surface area contributed by atoms with Crippen LogP contribution in [0.5, 0.6) is 0 Å². The fourth-order valence-corrected chi connectivity index (χ4v) is 2.52. The first kappa shape index (κ1) is 8.42. The van der Waals surface area contributed by atoms with E-state index in [1.807, 2.05) is 0 Å². The molecule has 0 aromatic carbocycles. The van der Waals surface area contributed by atoms with Gasteiger partial charge in [0.05, 0.1) is 5.92 Å². The second-order valence-corrected chi connectivity index (χ2v) is 4.35. The van der Waals surface area contributed by atoms with Crippen LogP contribution >= 0.6 is 11.8 Å². The van der Waals surface area contributed by atoms with Crippen molar-refractivity contribution in [2.24, 2.45) is 5.92 Å². The first-order valence-corrected chi connectivity index (χ1v) is 5.94. The number of thioether (sulfide) groups is 1. The summed E-state index contributed by atoms with van der Waals surface area (Å²) in [5.74, 6) is 0.773. The lowest BCUT2D eigenvalue weighted by atomic mass is 9.86. The average Bonchev–Trinajstić information content (AvgIpc) is 2.17. The van der Waals surface area contributed by atoms with Gasteiger partial charge < -0.3 is 4.74 Å². The Balaban J connectivity index is 2.00. The molecule has 2 aliphatic rings. The van der Waals surface area contributed by atoms with E-state index in [2.05, 4.69) is 11.2 Å². The molecule has 0 aromatic heterocycles. The van der Waals surface area contributed by atoms with E-state index < -0.39 is 0 Å². The van der Waals surface area contributed by atoms with Gasteiger partial charge in [0.25, 0.3) is 0 Å². The monoisotopic (exact) mass is 186 g/mol. The van der Waals surface area contributed by atoms with E-state index in [0.717, 1.165) is 17.7 Å². The third-order valence-corrected chi connectivity index (χ3v) is 3.40. The van der Waals surface area contributed by atoms with Crippen LogP contribution in [-0.4, -0.2) is 24.1 Å². The molecule has 0 saturated heterocycles. The standard InChI is InChI=1S/C9H15NOS/c1-12-9-10-6-7-4-2-3-5-8(7)11-9/h7-8H,2-6H2,1H3/p+1/t7-,8+/m1/s1. The van der Waals surface area contributed by atoms with Crippen LogP contribution in [0.25, 0.3) is 0 Å². The Bertz CT molecular complexity index is 193. The molecule has 1 fully saturated rings. The second-order valence-electron chi connectivity index (χ2n) is 3.57. The summed E-state index contributed by atoms with van der Waals surface area (Å²) in [5.41, 5.74) is 0. The number of ether oxygens (including phenoxy) is 1. The highest BCUT2D eigenvalue weighted by atomic mass is 32.2. The lowest BCUT2D eigenvalue weighted by Crippen LogP contribution is -2.78. The predicted octanol–water partition coefficient (Wildman–Crippen LogP) is 0.375. The lowest BCUT2D eigenvalue weighted by molar-refractivity contribution is -0.490. The molecule has 0 unspecified atom stereocenters. The van der Waals surface area contributed by atoms with Gasteiger partial charge in [-0.05, 0) is 37.3 Å². The molecule has 1 aliphatic heterocycles. The van der Waals surface area contributed by atoms with Crippen LogP contribution < -0.4 is 4.99 Å². The third-order valence-electron chi connectivity index (χ3n) is 2.79. The third kappa shape index (κ3) is 1.60. The van der Waals surface area contributed by atoms with Gasteiger partial charge in [0.1, 0.15) is 6.10 Å². The molecule has 1 heterocycles. The molecule has 0 bridgehead atoms. The Morgan fingerprint density at radius 1 is 1.42 bits per heavy atom. The number of rotatable bonds is 0. The van der Waals surface area contributed by atoms with Crippen LogP contribution in [0, 0.1) is 5.92 Å².